The molecule has 2 aliphatic rings. The van der Waals surface area contributed by atoms with E-state index in [1.165, 1.54) is 12.8 Å². The van der Waals surface area contributed by atoms with E-state index in [0.717, 1.165) is 16.8 Å². The van der Waals surface area contributed by atoms with Crippen LogP contribution >= 0.6 is 0 Å². The number of hydrogen-bond donors (Lipinski definition) is 2. The van der Waals surface area contributed by atoms with Gasteiger partial charge in [-0.05, 0) is 36.6 Å². The Balaban J connectivity index is 1.30. The number of aromatic nitrogens is 6. The van der Waals surface area contributed by atoms with Gasteiger partial charge < -0.3 is 10.2 Å². The van der Waals surface area contributed by atoms with Crippen LogP contribution in [-0.2, 0) is 11.2 Å². The number of halogens is 1. The highest BCUT2D eigenvalue weighted by Crippen LogP contribution is 2.39. The van der Waals surface area contributed by atoms with Crippen LogP contribution in [0.2, 0.25) is 0 Å². The number of rotatable bonds is 7. The fraction of sp³-hybridized carbons (Fsp3) is 0.348. The molecule has 2 atom stereocenters. The maximum atomic E-state index is 14.5. The van der Waals surface area contributed by atoms with Crippen LogP contribution in [0, 0.1) is 0 Å². The van der Waals surface area contributed by atoms with E-state index in [1.807, 2.05) is 24.3 Å². The fourth-order valence-electron chi connectivity index (χ4n) is 4.39. The molecule has 0 unspecified atom stereocenters. The first kappa shape index (κ1) is 19.8. The molecule has 5 heterocycles. The molecular formula is C23H23FN8O. The highest BCUT2D eigenvalue weighted by atomic mass is 19.1. The van der Waals surface area contributed by atoms with Crippen LogP contribution in [0.15, 0.2) is 48.9 Å². The van der Waals surface area contributed by atoms with Gasteiger partial charge in [-0.25, -0.2) is 8.91 Å². The third-order valence-electron chi connectivity index (χ3n) is 6.22. The van der Waals surface area contributed by atoms with Gasteiger partial charge in [0.05, 0.1) is 12.6 Å². The molecule has 2 fully saturated rings. The Morgan fingerprint density at radius 1 is 1.27 bits per heavy atom. The predicted octanol–water partition coefficient (Wildman–Crippen LogP) is 3.20. The van der Waals surface area contributed by atoms with Crippen LogP contribution in [0.1, 0.15) is 36.4 Å². The van der Waals surface area contributed by atoms with E-state index in [1.54, 1.807) is 34.1 Å². The van der Waals surface area contributed by atoms with Gasteiger partial charge in [0.1, 0.15) is 11.7 Å². The summed E-state index contributed by atoms with van der Waals surface area (Å²) in [6, 6.07) is 8.76. The minimum absolute atomic E-state index is 0.0733. The van der Waals surface area contributed by atoms with E-state index < -0.39 is 12.2 Å². The first-order valence-electron chi connectivity index (χ1n) is 11.1. The number of nitrogens with one attached hydrogen (secondary N) is 2. The molecule has 0 amide bonds. The highest BCUT2D eigenvalue weighted by Gasteiger charge is 2.38. The van der Waals surface area contributed by atoms with Crippen LogP contribution in [0.4, 0.5) is 22.0 Å². The lowest BCUT2D eigenvalue weighted by molar-refractivity contribution is -0.119. The molecule has 4 aromatic rings. The Bertz CT molecular complexity index is 1300. The van der Waals surface area contributed by atoms with Crippen LogP contribution in [0.5, 0.6) is 0 Å². The molecule has 2 N–H and O–H groups in total. The molecule has 0 aromatic carbocycles. The summed E-state index contributed by atoms with van der Waals surface area (Å²) in [6.45, 7) is 0.0733. The summed E-state index contributed by atoms with van der Waals surface area (Å²) < 4.78 is 16.2. The molecule has 0 spiro atoms. The second kappa shape index (κ2) is 7.95. The maximum absolute atomic E-state index is 14.5. The average molecular weight is 446 g/mol. The summed E-state index contributed by atoms with van der Waals surface area (Å²) >= 11 is 0. The zero-order valence-electron chi connectivity index (χ0n) is 17.9. The molecule has 1 saturated carbocycles. The van der Waals surface area contributed by atoms with Crippen molar-refractivity contribution in [2.24, 2.45) is 0 Å². The number of fused-ring (bicyclic) bond motifs is 1. The molecule has 10 heteroatoms. The van der Waals surface area contributed by atoms with Gasteiger partial charge >= 0.3 is 0 Å². The monoisotopic (exact) mass is 446 g/mol. The van der Waals surface area contributed by atoms with E-state index in [2.05, 4.69) is 25.6 Å². The molecule has 1 saturated heterocycles. The van der Waals surface area contributed by atoms with Crippen molar-refractivity contribution in [2.75, 3.05) is 16.8 Å². The van der Waals surface area contributed by atoms with Gasteiger partial charge in [0.15, 0.2) is 17.4 Å². The minimum atomic E-state index is -1.12. The second-order valence-corrected chi connectivity index (χ2v) is 8.71. The number of H-pyrrole nitrogens is 1. The molecule has 0 bridgehead atoms. The average Bonchev–Trinajstić information content (AvgIpc) is 3.20. The smallest absolute Gasteiger partial charge is 0.246 e. The van der Waals surface area contributed by atoms with Gasteiger partial charge in [-0.2, -0.15) is 10.1 Å². The Labute approximate surface area is 189 Å². The quantitative estimate of drug-likeness (QED) is 0.449. The van der Waals surface area contributed by atoms with Crippen molar-refractivity contribution in [3.8, 4) is 0 Å². The Kier molecular flexibility index (Phi) is 4.78. The predicted molar refractivity (Wildman–Crippen MR) is 120 cm³/mol. The van der Waals surface area contributed by atoms with Gasteiger partial charge in [0.2, 0.25) is 5.95 Å². The van der Waals surface area contributed by atoms with E-state index in [9.17, 15) is 9.18 Å². The number of nitrogens with zero attached hydrogens (tertiary/aromatic N) is 6. The van der Waals surface area contributed by atoms with Crippen molar-refractivity contribution in [2.45, 2.75) is 43.8 Å². The molecule has 33 heavy (non-hydrogen) atoms. The summed E-state index contributed by atoms with van der Waals surface area (Å²) in [4.78, 5) is 23.5. The number of carbonyl (C=O) groups excluding carboxylic acids is 1. The van der Waals surface area contributed by atoms with E-state index >= 15 is 0 Å². The Hall–Kier alpha value is -3.82. The molecule has 1 aliphatic carbocycles. The lowest BCUT2D eigenvalue weighted by Crippen LogP contribution is -2.38. The van der Waals surface area contributed by atoms with Gasteiger partial charge in [-0.15, -0.1) is 5.10 Å². The van der Waals surface area contributed by atoms with Crippen molar-refractivity contribution in [3.05, 3.63) is 60.2 Å². The topological polar surface area (TPSA) is 104 Å². The highest BCUT2D eigenvalue weighted by molar-refractivity contribution is 5.89. The van der Waals surface area contributed by atoms with Crippen molar-refractivity contribution in [1.29, 1.82) is 0 Å². The number of ketones is 1. The van der Waals surface area contributed by atoms with Crippen molar-refractivity contribution in [3.63, 3.8) is 0 Å². The van der Waals surface area contributed by atoms with Gasteiger partial charge in [0.25, 0.3) is 0 Å². The Morgan fingerprint density at radius 3 is 3.00 bits per heavy atom. The summed E-state index contributed by atoms with van der Waals surface area (Å²) in [7, 11) is 0. The summed E-state index contributed by atoms with van der Waals surface area (Å²) in [6.07, 6.45) is 6.67. The van der Waals surface area contributed by atoms with E-state index in [-0.39, 0.29) is 25.2 Å². The molecule has 6 rings (SSSR count). The zero-order chi connectivity index (χ0) is 22.4. The lowest BCUT2D eigenvalue weighted by atomic mass is 10.0. The third kappa shape index (κ3) is 3.92. The van der Waals surface area contributed by atoms with Gasteiger partial charge in [0, 0.05) is 49.1 Å². The number of pyridine rings is 1. The lowest BCUT2D eigenvalue weighted by Gasteiger charge is -2.23. The minimum Gasteiger partial charge on any atom is -0.326 e. The normalized spacial score (nSPS) is 20.5. The summed E-state index contributed by atoms with van der Waals surface area (Å²) in [5.74, 6) is 2.01. The molecule has 9 nitrogen and oxygen atoms in total. The van der Waals surface area contributed by atoms with Crippen molar-refractivity contribution in [1.82, 2.24) is 29.8 Å². The Morgan fingerprint density at radius 2 is 2.18 bits per heavy atom. The van der Waals surface area contributed by atoms with Crippen molar-refractivity contribution >= 4 is 28.9 Å². The molecule has 168 valence electrons. The number of anilines is 3. The van der Waals surface area contributed by atoms with Crippen LogP contribution < -0.4 is 10.2 Å². The number of carbonyl (C=O) groups is 1. The molecular weight excluding hydrogens is 423 g/mol. The zero-order valence-corrected chi connectivity index (χ0v) is 17.9. The number of alkyl halides is 1. The largest absolute Gasteiger partial charge is 0.326 e. The van der Waals surface area contributed by atoms with E-state index in [0.29, 0.717) is 23.5 Å². The maximum Gasteiger partial charge on any atom is 0.246 e. The first-order chi connectivity index (χ1) is 16.1. The molecule has 0 radical (unpaired) electrons. The third-order valence-corrected chi connectivity index (χ3v) is 6.22. The number of aromatic amines is 1. The van der Waals surface area contributed by atoms with E-state index in [4.69, 9.17) is 4.98 Å². The van der Waals surface area contributed by atoms with Gasteiger partial charge in [-0.1, -0.05) is 6.07 Å². The first-order valence-corrected chi connectivity index (χ1v) is 11.1. The van der Waals surface area contributed by atoms with Crippen LogP contribution in [0.3, 0.4) is 0 Å². The fourth-order valence-corrected chi connectivity index (χ4v) is 4.39. The number of Topliss-reactive ketones (excluding diaryl/α,β-unsaturated/α-hetero) is 1. The summed E-state index contributed by atoms with van der Waals surface area (Å²) in [5.41, 5.74) is 2.68. The summed E-state index contributed by atoms with van der Waals surface area (Å²) in [5, 5.41) is 15.3. The SMILES string of the molecule is O=C(Cc1cccnc1)[C@@H]1C[C@@H](F)CN1c1nc(Nc2cc(C3CC3)[nH]n2)c2cccn2n1. The van der Waals surface area contributed by atoms with Crippen LogP contribution in [-0.4, -0.2) is 54.3 Å². The van der Waals surface area contributed by atoms with Gasteiger partial charge in [-0.3, -0.25) is 14.9 Å². The number of hydrogen-bond acceptors (Lipinski definition) is 7. The van der Waals surface area contributed by atoms with Crippen molar-refractivity contribution < 1.29 is 9.18 Å². The molecule has 4 aromatic heterocycles. The second-order valence-electron chi connectivity index (χ2n) is 8.71. The standard InChI is InChI=1S/C23H23FN8O/c24-16-10-19(20(33)9-14-3-1-7-25-12-14)31(13-16)23-27-22(18-4-2-8-32(18)30-23)26-21-11-17(28-29-21)15-5-6-15/h1-4,7-8,11-12,15-16,19H,5-6,9-10,13H2,(H2,26,27,28,29,30)/t16-,19+/m1/s1. The molecule has 1 aliphatic heterocycles. The van der Waals surface area contributed by atoms with Crippen LogP contribution in [0.25, 0.3) is 5.52 Å².